The summed E-state index contributed by atoms with van der Waals surface area (Å²) in [6, 6.07) is 9.05. The largest absolute Gasteiger partial charge is 0.359 e. The molecule has 20 heavy (non-hydrogen) atoms. The monoisotopic (exact) mass is 289 g/mol. The molecule has 108 valence electrons. The van der Waals surface area contributed by atoms with Crippen LogP contribution < -0.4 is 10.2 Å². The van der Waals surface area contributed by atoms with Crippen LogP contribution >= 0.6 is 11.3 Å². The van der Waals surface area contributed by atoms with Crippen LogP contribution in [-0.2, 0) is 13.0 Å². The number of hydrogen-bond acceptors (Lipinski definition) is 4. The molecule has 0 amide bonds. The maximum Gasteiger partial charge on any atom is 0.128 e. The van der Waals surface area contributed by atoms with Gasteiger partial charge in [-0.3, -0.25) is 0 Å². The Balaban J connectivity index is 1.91. The van der Waals surface area contributed by atoms with E-state index in [4.69, 9.17) is 0 Å². The standard InChI is InChI=1S/C16H23N3S/c1-13(2)18-12-14-6-8-17-16(11-14)19(3)9-7-15-5-4-10-20-15/h4-6,8,10-11,13,18H,7,9,12H2,1-3H3. The Morgan fingerprint density at radius 1 is 1.35 bits per heavy atom. The molecule has 2 aromatic heterocycles. The van der Waals surface area contributed by atoms with Crippen LogP contribution in [0.25, 0.3) is 0 Å². The van der Waals surface area contributed by atoms with Crippen molar-refractivity contribution < 1.29 is 0 Å². The van der Waals surface area contributed by atoms with Gasteiger partial charge in [-0.1, -0.05) is 19.9 Å². The second-order valence-electron chi connectivity index (χ2n) is 5.31. The maximum absolute atomic E-state index is 4.47. The first-order valence-electron chi connectivity index (χ1n) is 7.07. The molecule has 0 radical (unpaired) electrons. The van der Waals surface area contributed by atoms with Crippen LogP contribution in [0.3, 0.4) is 0 Å². The molecular formula is C16H23N3S. The first-order valence-corrected chi connectivity index (χ1v) is 7.95. The number of likely N-dealkylation sites (N-methyl/N-ethyl adjacent to an activating group) is 1. The number of aromatic nitrogens is 1. The number of hydrogen-bond donors (Lipinski definition) is 1. The maximum atomic E-state index is 4.47. The lowest BCUT2D eigenvalue weighted by Gasteiger charge is -2.18. The van der Waals surface area contributed by atoms with Gasteiger partial charge < -0.3 is 10.2 Å². The average Bonchev–Trinajstić information content (AvgIpc) is 2.96. The van der Waals surface area contributed by atoms with Crippen LogP contribution in [-0.4, -0.2) is 24.6 Å². The third-order valence-corrected chi connectivity index (χ3v) is 4.13. The molecule has 0 bridgehead atoms. The molecule has 2 heterocycles. The topological polar surface area (TPSA) is 28.2 Å². The lowest BCUT2D eigenvalue weighted by Crippen LogP contribution is -2.23. The first kappa shape index (κ1) is 15.0. The first-order chi connectivity index (χ1) is 9.65. The van der Waals surface area contributed by atoms with E-state index in [-0.39, 0.29) is 0 Å². The highest BCUT2D eigenvalue weighted by Crippen LogP contribution is 2.14. The molecule has 2 rings (SSSR count). The van der Waals surface area contributed by atoms with Gasteiger partial charge in [0.05, 0.1) is 0 Å². The summed E-state index contributed by atoms with van der Waals surface area (Å²) in [6.45, 7) is 6.21. The smallest absolute Gasteiger partial charge is 0.128 e. The Morgan fingerprint density at radius 3 is 2.90 bits per heavy atom. The molecule has 0 aliphatic rings. The molecule has 0 spiro atoms. The zero-order valence-corrected chi connectivity index (χ0v) is 13.3. The van der Waals surface area contributed by atoms with Crippen molar-refractivity contribution in [1.29, 1.82) is 0 Å². The molecule has 0 unspecified atom stereocenters. The SMILES string of the molecule is CC(C)NCc1ccnc(N(C)CCc2cccs2)c1. The lowest BCUT2D eigenvalue weighted by atomic mass is 10.2. The number of thiophene rings is 1. The Morgan fingerprint density at radius 2 is 2.20 bits per heavy atom. The zero-order chi connectivity index (χ0) is 14.4. The van der Waals surface area contributed by atoms with Gasteiger partial charge >= 0.3 is 0 Å². The molecule has 0 aliphatic heterocycles. The summed E-state index contributed by atoms with van der Waals surface area (Å²) in [6.07, 6.45) is 2.97. The predicted octanol–water partition coefficient (Wildman–Crippen LogP) is 3.32. The van der Waals surface area contributed by atoms with E-state index >= 15 is 0 Å². The predicted molar refractivity (Wildman–Crippen MR) is 87.5 cm³/mol. The minimum atomic E-state index is 0.503. The molecule has 3 nitrogen and oxygen atoms in total. The Bertz CT molecular complexity index is 508. The van der Waals surface area contributed by atoms with E-state index in [2.05, 4.69) is 65.7 Å². The van der Waals surface area contributed by atoms with Gasteiger partial charge in [-0.15, -0.1) is 11.3 Å². The summed E-state index contributed by atoms with van der Waals surface area (Å²) in [7, 11) is 2.11. The van der Waals surface area contributed by atoms with E-state index in [9.17, 15) is 0 Å². The third-order valence-electron chi connectivity index (χ3n) is 3.19. The number of nitrogens with one attached hydrogen (secondary N) is 1. The lowest BCUT2D eigenvalue weighted by molar-refractivity contribution is 0.588. The molecule has 2 aromatic rings. The molecule has 0 saturated heterocycles. The van der Waals surface area contributed by atoms with Crippen LogP contribution in [0, 0.1) is 0 Å². The summed E-state index contributed by atoms with van der Waals surface area (Å²) in [5, 5.41) is 5.57. The highest BCUT2D eigenvalue weighted by atomic mass is 32.1. The number of nitrogens with zero attached hydrogens (tertiary/aromatic N) is 2. The number of rotatable bonds is 7. The summed E-state index contributed by atoms with van der Waals surface area (Å²) >= 11 is 1.82. The van der Waals surface area contributed by atoms with E-state index < -0.39 is 0 Å². The van der Waals surface area contributed by atoms with Crippen molar-refractivity contribution >= 4 is 17.2 Å². The van der Waals surface area contributed by atoms with Gasteiger partial charge in [-0.25, -0.2) is 4.98 Å². The van der Waals surface area contributed by atoms with E-state index in [0.717, 1.165) is 25.3 Å². The van der Waals surface area contributed by atoms with Gasteiger partial charge in [0, 0.05) is 37.3 Å². The normalized spacial score (nSPS) is 11.0. The van der Waals surface area contributed by atoms with Gasteiger partial charge in [0.2, 0.25) is 0 Å². The van der Waals surface area contributed by atoms with E-state index in [1.165, 1.54) is 10.4 Å². The molecule has 4 heteroatoms. The van der Waals surface area contributed by atoms with Crippen LogP contribution in [0.1, 0.15) is 24.3 Å². The van der Waals surface area contributed by atoms with Crippen molar-refractivity contribution in [2.45, 2.75) is 32.9 Å². The fraction of sp³-hybridized carbons (Fsp3) is 0.438. The number of anilines is 1. The minimum Gasteiger partial charge on any atom is -0.359 e. The van der Waals surface area contributed by atoms with Gasteiger partial charge in [-0.05, 0) is 35.6 Å². The van der Waals surface area contributed by atoms with Crippen LogP contribution in [0.15, 0.2) is 35.8 Å². The van der Waals surface area contributed by atoms with Crippen molar-refractivity contribution in [3.63, 3.8) is 0 Å². The van der Waals surface area contributed by atoms with E-state index in [1.807, 2.05) is 17.5 Å². The van der Waals surface area contributed by atoms with E-state index in [1.54, 1.807) is 0 Å². The van der Waals surface area contributed by atoms with Crippen LogP contribution in [0.4, 0.5) is 5.82 Å². The van der Waals surface area contributed by atoms with Gasteiger partial charge in [0.15, 0.2) is 0 Å². The van der Waals surface area contributed by atoms with Crippen LogP contribution in [0.5, 0.6) is 0 Å². The molecule has 0 atom stereocenters. The summed E-state index contributed by atoms with van der Waals surface area (Å²) < 4.78 is 0. The molecule has 0 aliphatic carbocycles. The summed E-state index contributed by atoms with van der Waals surface area (Å²) in [5.74, 6) is 1.05. The molecule has 0 saturated carbocycles. The van der Waals surface area contributed by atoms with Crippen molar-refractivity contribution in [2.75, 3.05) is 18.5 Å². The fourth-order valence-corrected chi connectivity index (χ4v) is 2.65. The zero-order valence-electron chi connectivity index (χ0n) is 12.5. The molecule has 0 fully saturated rings. The minimum absolute atomic E-state index is 0.503. The van der Waals surface area contributed by atoms with Crippen molar-refractivity contribution in [3.8, 4) is 0 Å². The van der Waals surface area contributed by atoms with Crippen LogP contribution in [0.2, 0.25) is 0 Å². The highest BCUT2D eigenvalue weighted by molar-refractivity contribution is 7.09. The molecular weight excluding hydrogens is 266 g/mol. The van der Waals surface area contributed by atoms with Gasteiger partial charge in [0.25, 0.3) is 0 Å². The molecule has 1 N–H and O–H groups in total. The van der Waals surface area contributed by atoms with E-state index in [0.29, 0.717) is 6.04 Å². The second kappa shape index (κ2) is 7.41. The van der Waals surface area contributed by atoms with Gasteiger partial charge in [0.1, 0.15) is 5.82 Å². The van der Waals surface area contributed by atoms with Crippen molar-refractivity contribution in [1.82, 2.24) is 10.3 Å². The van der Waals surface area contributed by atoms with Gasteiger partial charge in [-0.2, -0.15) is 0 Å². The fourth-order valence-electron chi connectivity index (χ4n) is 1.95. The quantitative estimate of drug-likeness (QED) is 0.847. The average molecular weight is 289 g/mol. The Labute approximate surface area is 125 Å². The third kappa shape index (κ3) is 4.62. The van der Waals surface area contributed by atoms with Crippen molar-refractivity contribution in [2.24, 2.45) is 0 Å². The number of pyridine rings is 1. The highest BCUT2D eigenvalue weighted by Gasteiger charge is 2.05. The summed E-state index contributed by atoms with van der Waals surface area (Å²) in [4.78, 5) is 8.11. The summed E-state index contributed by atoms with van der Waals surface area (Å²) in [5.41, 5.74) is 1.28. The Hall–Kier alpha value is -1.39. The van der Waals surface area contributed by atoms with Crippen molar-refractivity contribution in [3.05, 3.63) is 46.3 Å². The molecule has 0 aromatic carbocycles. The Kier molecular flexibility index (Phi) is 5.56. The second-order valence-corrected chi connectivity index (χ2v) is 6.34.